The van der Waals surface area contributed by atoms with Gasteiger partial charge in [0.2, 0.25) is 0 Å². The highest BCUT2D eigenvalue weighted by Crippen LogP contribution is 2.41. The van der Waals surface area contributed by atoms with Crippen LogP contribution in [0.3, 0.4) is 0 Å². The minimum absolute atomic E-state index is 0.242. The van der Waals surface area contributed by atoms with Gasteiger partial charge in [-0.3, -0.25) is 0 Å². The zero-order chi connectivity index (χ0) is 15.9. The third kappa shape index (κ3) is 2.48. The maximum absolute atomic E-state index is 11.6. The first-order valence-corrected chi connectivity index (χ1v) is 8.02. The highest BCUT2D eigenvalue weighted by atomic mass is 32.1. The smallest absolute Gasteiger partial charge is 0.336 e. The van der Waals surface area contributed by atoms with Crippen LogP contribution in [0.15, 0.2) is 18.2 Å². The fraction of sp³-hybridized carbons (Fsp3) is 0.375. The van der Waals surface area contributed by atoms with E-state index in [9.17, 15) is 15.0 Å². The summed E-state index contributed by atoms with van der Waals surface area (Å²) < 4.78 is 0. The molecule has 3 rings (SSSR count). The van der Waals surface area contributed by atoms with Crippen molar-refractivity contribution in [1.82, 2.24) is 4.98 Å². The van der Waals surface area contributed by atoms with Gasteiger partial charge in [0.05, 0.1) is 22.2 Å². The number of rotatable bonds is 3. The van der Waals surface area contributed by atoms with Crippen molar-refractivity contribution in [3.63, 3.8) is 0 Å². The SMILES string of the molecule is CN(C)c1cccc(C(=O)O)c1-c1nc2c(s1)C(O)CCC2. The summed E-state index contributed by atoms with van der Waals surface area (Å²) in [4.78, 5) is 19.0. The van der Waals surface area contributed by atoms with Crippen molar-refractivity contribution in [2.24, 2.45) is 0 Å². The number of aliphatic hydroxyl groups is 1. The molecule has 5 nitrogen and oxygen atoms in total. The van der Waals surface area contributed by atoms with Crippen molar-refractivity contribution < 1.29 is 15.0 Å². The Bertz CT molecular complexity index is 724. The molecule has 0 spiro atoms. The molecule has 116 valence electrons. The number of benzene rings is 1. The highest BCUT2D eigenvalue weighted by molar-refractivity contribution is 7.15. The van der Waals surface area contributed by atoms with Crippen LogP contribution in [0.4, 0.5) is 5.69 Å². The van der Waals surface area contributed by atoms with E-state index < -0.39 is 12.1 Å². The molecular formula is C16H18N2O3S. The Morgan fingerprint density at radius 2 is 2.18 bits per heavy atom. The Morgan fingerprint density at radius 1 is 1.41 bits per heavy atom. The number of fused-ring (bicyclic) bond motifs is 1. The molecule has 1 aromatic carbocycles. The second kappa shape index (κ2) is 5.70. The lowest BCUT2D eigenvalue weighted by Gasteiger charge is -2.17. The lowest BCUT2D eigenvalue weighted by molar-refractivity contribution is 0.0697. The molecule has 2 N–H and O–H groups in total. The maximum Gasteiger partial charge on any atom is 0.336 e. The third-order valence-corrected chi connectivity index (χ3v) is 5.11. The molecule has 0 saturated carbocycles. The van der Waals surface area contributed by atoms with Crippen molar-refractivity contribution in [3.05, 3.63) is 34.3 Å². The van der Waals surface area contributed by atoms with Gasteiger partial charge >= 0.3 is 5.97 Å². The lowest BCUT2D eigenvalue weighted by atomic mass is 10.0. The molecule has 6 heteroatoms. The second-order valence-electron chi connectivity index (χ2n) is 5.64. The van der Waals surface area contributed by atoms with E-state index >= 15 is 0 Å². The first-order chi connectivity index (χ1) is 10.5. The summed E-state index contributed by atoms with van der Waals surface area (Å²) in [5.41, 5.74) is 2.60. The number of carboxylic acids is 1. The van der Waals surface area contributed by atoms with E-state index in [-0.39, 0.29) is 5.56 Å². The van der Waals surface area contributed by atoms with Gasteiger partial charge in [0.25, 0.3) is 0 Å². The van der Waals surface area contributed by atoms with Gasteiger partial charge in [0, 0.05) is 25.3 Å². The summed E-state index contributed by atoms with van der Waals surface area (Å²) in [5, 5.41) is 20.3. The zero-order valence-electron chi connectivity index (χ0n) is 12.5. The number of aromatic carboxylic acids is 1. The molecular weight excluding hydrogens is 300 g/mol. The first kappa shape index (κ1) is 15.0. The number of hydrogen-bond donors (Lipinski definition) is 2. The molecule has 0 amide bonds. The predicted molar refractivity (Wildman–Crippen MR) is 86.7 cm³/mol. The quantitative estimate of drug-likeness (QED) is 0.910. The van der Waals surface area contributed by atoms with Gasteiger partial charge < -0.3 is 15.1 Å². The molecule has 1 aliphatic rings. The van der Waals surface area contributed by atoms with E-state index in [1.807, 2.05) is 25.1 Å². The van der Waals surface area contributed by atoms with Gasteiger partial charge in [-0.25, -0.2) is 9.78 Å². The molecule has 0 aliphatic heterocycles. The number of aromatic nitrogens is 1. The van der Waals surface area contributed by atoms with Gasteiger partial charge in [-0.15, -0.1) is 11.3 Å². The summed E-state index contributed by atoms with van der Waals surface area (Å²) >= 11 is 1.41. The van der Waals surface area contributed by atoms with Gasteiger partial charge in [0.15, 0.2) is 0 Å². The molecule has 1 heterocycles. The van der Waals surface area contributed by atoms with Crippen LogP contribution in [0.5, 0.6) is 0 Å². The summed E-state index contributed by atoms with van der Waals surface area (Å²) in [6.07, 6.45) is 2.03. The van der Waals surface area contributed by atoms with Crippen molar-refractivity contribution in [2.75, 3.05) is 19.0 Å². The van der Waals surface area contributed by atoms with E-state index in [0.717, 1.165) is 35.5 Å². The summed E-state index contributed by atoms with van der Waals surface area (Å²) in [5.74, 6) is -0.965. The Labute approximate surface area is 132 Å². The maximum atomic E-state index is 11.6. The van der Waals surface area contributed by atoms with Crippen molar-refractivity contribution in [3.8, 4) is 10.6 Å². The van der Waals surface area contributed by atoms with Crippen molar-refractivity contribution >= 4 is 23.0 Å². The Morgan fingerprint density at radius 3 is 2.82 bits per heavy atom. The number of carboxylic acid groups (broad SMARTS) is 1. The van der Waals surface area contributed by atoms with Crippen LogP contribution in [0, 0.1) is 0 Å². The molecule has 0 saturated heterocycles. The van der Waals surface area contributed by atoms with Gasteiger partial charge in [-0.2, -0.15) is 0 Å². The molecule has 22 heavy (non-hydrogen) atoms. The number of carbonyl (C=O) groups is 1. The number of anilines is 1. The fourth-order valence-electron chi connectivity index (χ4n) is 2.82. The largest absolute Gasteiger partial charge is 0.478 e. The van der Waals surface area contributed by atoms with Crippen molar-refractivity contribution in [1.29, 1.82) is 0 Å². The molecule has 0 radical (unpaired) electrons. The highest BCUT2D eigenvalue weighted by Gasteiger charge is 2.26. The van der Waals surface area contributed by atoms with Crippen LogP contribution in [-0.2, 0) is 6.42 Å². The Hall–Kier alpha value is -1.92. The van der Waals surface area contributed by atoms with Crippen LogP contribution in [0.2, 0.25) is 0 Å². The van der Waals surface area contributed by atoms with E-state index in [2.05, 4.69) is 4.98 Å². The van der Waals surface area contributed by atoms with Crippen LogP contribution in [0.1, 0.15) is 39.9 Å². The summed E-state index contributed by atoms with van der Waals surface area (Å²) in [7, 11) is 3.76. The normalized spacial score (nSPS) is 17.1. The minimum atomic E-state index is -0.965. The molecule has 1 atom stereocenters. The summed E-state index contributed by atoms with van der Waals surface area (Å²) in [6, 6.07) is 5.23. The van der Waals surface area contributed by atoms with E-state index in [0.29, 0.717) is 10.6 Å². The number of nitrogens with zero attached hydrogens (tertiary/aromatic N) is 2. The molecule has 0 bridgehead atoms. The number of thiazole rings is 1. The third-order valence-electron chi connectivity index (χ3n) is 3.89. The van der Waals surface area contributed by atoms with Gasteiger partial charge in [-0.05, 0) is 31.4 Å². The lowest BCUT2D eigenvalue weighted by Crippen LogP contribution is -2.12. The molecule has 2 aromatic rings. The van der Waals surface area contributed by atoms with E-state index in [4.69, 9.17) is 0 Å². The predicted octanol–water partition coefficient (Wildman–Crippen LogP) is 2.94. The topological polar surface area (TPSA) is 73.7 Å². The number of aliphatic hydroxyl groups excluding tert-OH is 1. The molecule has 1 aliphatic carbocycles. The van der Waals surface area contributed by atoms with E-state index in [1.54, 1.807) is 12.1 Å². The monoisotopic (exact) mass is 318 g/mol. The van der Waals surface area contributed by atoms with Crippen LogP contribution in [-0.4, -0.2) is 35.3 Å². The van der Waals surface area contributed by atoms with Crippen LogP contribution < -0.4 is 4.90 Å². The average Bonchev–Trinajstić information content (AvgIpc) is 2.91. The van der Waals surface area contributed by atoms with Gasteiger partial charge in [-0.1, -0.05) is 6.07 Å². The van der Waals surface area contributed by atoms with Gasteiger partial charge in [0.1, 0.15) is 5.01 Å². The molecule has 1 unspecified atom stereocenters. The fourth-order valence-corrected chi connectivity index (χ4v) is 4.02. The standard InChI is InChI=1S/C16H18N2O3S/c1-18(2)11-7-3-5-9(16(20)21)13(11)15-17-10-6-4-8-12(19)14(10)22-15/h3,5,7,12,19H,4,6,8H2,1-2H3,(H,20,21). The van der Waals surface area contributed by atoms with Crippen LogP contribution >= 0.6 is 11.3 Å². The zero-order valence-corrected chi connectivity index (χ0v) is 13.4. The Kier molecular flexibility index (Phi) is 3.88. The number of aryl methyl sites for hydroxylation is 1. The minimum Gasteiger partial charge on any atom is -0.478 e. The average molecular weight is 318 g/mol. The summed E-state index contributed by atoms with van der Waals surface area (Å²) in [6.45, 7) is 0. The molecule has 1 aromatic heterocycles. The second-order valence-corrected chi connectivity index (χ2v) is 6.67. The number of hydrogen-bond acceptors (Lipinski definition) is 5. The van der Waals surface area contributed by atoms with Crippen molar-refractivity contribution in [2.45, 2.75) is 25.4 Å². The van der Waals surface area contributed by atoms with E-state index in [1.165, 1.54) is 11.3 Å². The molecule has 0 fully saturated rings. The van der Waals surface area contributed by atoms with Crippen LogP contribution in [0.25, 0.3) is 10.6 Å². The Balaban J connectivity index is 2.21. The first-order valence-electron chi connectivity index (χ1n) is 7.20.